The number of fused-ring (bicyclic) bond motifs is 1. The normalized spacial score (nSPS) is 17.6. The lowest BCUT2D eigenvalue weighted by atomic mass is 9.97. The summed E-state index contributed by atoms with van der Waals surface area (Å²) >= 11 is 0. The van der Waals surface area contributed by atoms with E-state index in [0.29, 0.717) is 40.0 Å². The van der Waals surface area contributed by atoms with Gasteiger partial charge in [-0.2, -0.15) is 0 Å². The fraction of sp³-hybridized carbons (Fsp3) is 0.214. The zero-order valence-electron chi connectivity index (χ0n) is 19.7. The summed E-state index contributed by atoms with van der Waals surface area (Å²) in [4.78, 5) is 27.6. The summed E-state index contributed by atoms with van der Waals surface area (Å²) in [6, 6.07) is 18.9. The molecule has 0 radical (unpaired) electrons. The van der Waals surface area contributed by atoms with Crippen LogP contribution in [0, 0.1) is 5.82 Å². The number of ether oxygens (including phenoxy) is 1. The van der Waals surface area contributed by atoms with Crippen LogP contribution in [0.2, 0.25) is 0 Å². The summed E-state index contributed by atoms with van der Waals surface area (Å²) in [6.45, 7) is 3.94. The molecule has 3 aromatic carbocycles. The van der Waals surface area contributed by atoms with Crippen LogP contribution in [0.3, 0.4) is 0 Å². The maximum atomic E-state index is 13.6. The Morgan fingerprint density at radius 2 is 1.77 bits per heavy atom. The Bertz CT molecular complexity index is 1410. The van der Waals surface area contributed by atoms with Gasteiger partial charge in [0.15, 0.2) is 0 Å². The molecule has 0 saturated carbocycles. The lowest BCUT2D eigenvalue weighted by Gasteiger charge is -2.23. The number of halogens is 1. The molecule has 2 amide bonds. The summed E-state index contributed by atoms with van der Waals surface area (Å²) in [5.41, 5.74) is 3.66. The highest BCUT2D eigenvalue weighted by atomic mass is 19.1. The standard InChI is InChI=1S/C28H25FN2O4/c1-4-23-16(2)31(28(33)35-23)22-15-24-21(14-20(22)17-8-6-5-7-9-17)25(27(32)30-3)26(34-24)18-10-12-19(29)13-11-18/h5-16,23H,4H2,1-3H3,(H,30,32). The largest absolute Gasteiger partial charge is 0.455 e. The van der Waals surface area contributed by atoms with E-state index in [1.165, 1.54) is 12.1 Å². The predicted octanol–water partition coefficient (Wildman–Crippen LogP) is 6.39. The van der Waals surface area contributed by atoms with Crippen LogP contribution in [-0.2, 0) is 4.74 Å². The number of hydrogen-bond acceptors (Lipinski definition) is 4. The molecular weight excluding hydrogens is 447 g/mol. The van der Waals surface area contributed by atoms with Crippen molar-refractivity contribution in [2.75, 3.05) is 11.9 Å². The van der Waals surface area contributed by atoms with Gasteiger partial charge in [0, 0.05) is 29.6 Å². The molecule has 1 aliphatic heterocycles. The number of carbonyl (C=O) groups is 2. The number of cyclic esters (lactones) is 1. The van der Waals surface area contributed by atoms with E-state index in [4.69, 9.17) is 9.15 Å². The summed E-state index contributed by atoms with van der Waals surface area (Å²) < 4.78 is 25.4. The van der Waals surface area contributed by atoms with E-state index in [1.54, 1.807) is 30.1 Å². The van der Waals surface area contributed by atoms with Crippen molar-refractivity contribution in [3.05, 3.63) is 78.1 Å². The fourth-order valence-electron chi connectivity index (χ4n) is 4.69. The zero-order valence-corrected chi connectivity index (χ0v) is 19.7. The summed E-state index contributed by atoms with van der Waals surface area (Å²) in [7, 11) is 1.55. The predicted molar refractivity (Wildman–Crippen MR) is 133 cm³/mol. The Kier molecular flexibility index (Phi) is 5.76. The third-order valence-corrected chi connectivity index (χ3v) is 6.51. The van der Waals surface area contributed by atoms with Crippen LogP contribution in [0.15, 0.2) is 71.1 Å². The number of benzene rings is 3. The molecule has 4 aromatic rings. The molecule has 5 rings (SSSR count). The second-order valence-electron chi connectivity index (χ2n) is 8.56. The Labute approximate surface area is 202 Å². The molecule has 2 atom stereocenters. The minimum atomic E-state index is -0.419. The molecule has 7 heteroatoms. The number of carbonyl (C=O) groups excluding carboxylic acids is 2. The van der Waals surface area contributed by atoms with Crippen LogP contribution in [0.4, 0.5) is 14.9 Å². The van der Waals surface area contributed by atoms with Crippen LogP contribution in [0.1, 0.15) is 30.6 Å². The third-order valence-electron chi connectivity index (χ3n) is 6.51. The SMILES string of the molecule is CCC1OC(=O)N(c2cc3oc(-c4ccc(F)cc4)c(C(=O)NC)c3cc2-c2ccccc2)C1C. The van der Waals surface area contributed by atoms with Gasteiger partial charge < -0.3 is 14.5 Å². The third kappa shape index (κ3) is 3.83. The summed E-state index contributed by atoms with van der Waals surface area (Å²) in [5.74, 6) is -0.374. The van der Waals surface area contributed by atoms with E-state index in [-0.39, 0.29) is 23.9 Å². The number of furan rings is 1. The Hall–Kier alpha value is -4.13. The molecule has 0 bridgehead atoms. The lowest BCUT2D eigenvalue weighted by molar-refractivity contribution is 0.0964. The first kappa shape index (κ1) is 22.7. The molecule has 1 aliphatic rings. The van der Waals surface area contributed by atoms with Crippen molar-refractivity contribution >= 4 is 28.7 Å². The van der Waals surface area contributed by atoms with Gasteiger partial charge in [-0.25, -0.2) is 9.18 Å². The van der Waals surface area contributed by atoms with Crippen molar-refractivity contribution in [1.29, 1.82) is 0 Å². The van der Waals surface area contributed by atoms with Crippen LogP contribution < -0.4 is 10.2 Å². The first-order chi connectivity index (χ1) is 16.9. The van der Waals surface area contributed by atoms with Crippen molar-refractivity contribution < 1.29 is 23.1 Å². The molecule has 1 fully saturated rings. The highest BCUT2D eigenvalue weighted by Gasteiger charge is 2.40. The maximum Gasteiger partial charge on any atom is 0.415 e. The molecule has 178 valence electrons. The zero-order chi connectivity index (χ0) is 24.7. The monoisotopic (exact) mass is 472 g/mol. The highest BCUT2D eigenvalue weighted by Crippen LogP contribution is 2.43. The van der Waals surface area contributed by atoms with E-state index in [2.05, 4.69) is 5.32 Å². The van der Waals surface area contributed by atoms with Crippen LogP contribution in [0.25, 0.3) is 33.4 Å². The first-order valence-corrected chi connectivity index (χ1v) is 11.6. The molecule has 6 nitrogen and oxygen atoms in total. The van der Waals surface area contributed by atoms with Crippen molar-refractivity contribution in [3.63, 3.8) is 0 Å². The smallest absolute Gasteiger partial charge is 0.415 e. The number of nitrogens with one attached hydrogen (secondary N) is 1. The van der Waals surface area contributed by atoms with Gasteiger partial charge in [0.1, 0.15) is 23.3 Å². The minimum absolute atomic E-state index is 0.183. The van der Waals surface area contributed by atoms with Crippen molar-refractivity contribution in [3.8, 4) is 22.5 Å². The highest BCUT2D eigenvalue weighted by molar-refractivity contribution is 6.13. The van der Waals surface area contributed by atoms with Gasteiger partial charge >= 0.3 is 6.09 Å². The van der Waals surface area contributed by atoms with Crippen LogP contribution in [-0.4, -0.2) is 31.2 Å². The molecule has 2 unspecified atom stereocenters. The number of nitrogens with zero attached hydrogens (tertiary/aromatic N) is 1. The average molecular weight is 473 g/mol. The van der Waals surface area contributed by atoms with Crippen molar-refractivity contribution in [2.24, 2.45) is 0 Å². The van der Waals surface area contributed by atoms with E-state index in [9.17, 15) is 14.0 Å². The number of amides is 2. The Morgan fingerprint density at radius 1 is 1.06 bits per heavy atom. The minimum Gasteiger partial charge on any atom is -0.455 e. The average Bonchev–Trinajstić information content (AvgIpc) is 3.39. The molecule has 1 aromatic heterocycles. The fourth-order valence-corrected chi connectivity index (χ4v) is 4.69. The second-order valence-corrected chi connectivity index (χ2v) is 8.56. The van der Waals surface area contributed by atoms with Crippen molar-refractivity contribution in [1.82, 2.24) is 5.32 Å². The molecule has 0 spiro atoms. The van der Waals surface area contributed by atoms with Gasteiger partial charge in [0.2, 0.25) is 0 Å². The van der Waals surface area contributed by atoms with E-state index in [0.717, 1.165) is 11.1 Å². The summed E-state index contributed by atoms with van der Waals surface area (Å²) in [5, 5.41) is 3.28. The van der Waals surface area contributed by atoms with Gasteiger partial charge in [0.25, 0.3) is 5.91 Å². The van der Waals surface area contributed by atoms with Gasteiger partial charge in [-0.1, -0.05) is 37.3 Å². The van der Waals surface area contributed by atoms with E-state index < -0.39 is 6.09 Å². The molecule has 35 heavy (non-hydrogen) atoms. The molecule has 0 aliphatic carbocycles. The number of rotatable bonds is 5. The van der Waals surface area contributed by atoms with Gasteiger partial charge in [-0.3, -0.25) is 9.69 Å². The van der Waals surface area contributed by atoms with E-state index >= 15 is 0 Å². The summed E-state index contributed by atoms with van der Waals surface area (Å²) in [6.07, 6.45) is 0.0511. The topological polar surface area (TPSA) is 71.8 Å². The quantitative estimate of drug-likeness (QED) is 0.365. The Balaban J connectivity index is 1.80. The molecular formula is C28H25FN2O4. The number of hydrogen-bond donors (Lipinski definition) is 1. The molecule has 1 N–H and O–H groups in total. The first-order valence-electron chi connectivity index (χ1n) is 11.6. The molecule has 1 saturated heterocycles. The van der Waals surface area contributed by atoms with Crippen molar-refractivity contribution in [2.45, 2.75) is 32.4 Å². The van der Waals surface area contributed by atoms with Crippen LogP contribution in [0.5, 0.6) is 0 Å². The lowest BCUT2D eigenvalue weighted by Crippen LogP contribution is -2.34. The molecule has 2 heterocycles. The second kappa shape index (κ2) is 8.91. The van der Waals surface area contributed by atoms with Gasteiger partial charge in [-0.05, 0) is 49.2 Å². The Morgan fingerprint density at radius 3 is 2.40 bits per heavy atom. The van der Waals surface area contributed by atoms with E-state index in [1.807, 2.05) is 50.2 Å². The van der Waals surface area contributed by atoms with Crippen LogP contribution >= 0.6 is 0 Å². The number of anilines is 1. The maximum absolute atomic E-state index is 13.6. The van der Waals surface area contributed by atoms with Gasteiger partial charge in [-0.15, -0.1) is 0 Å². The van der Waals surface area contributed by atoms with Gasteiger partial charge in [0.05, 0.1) is 17.3 Å².